The van der Waals surface area contributed by atoms with Crippen molar-refractivity contribution in [2.24, 2.45) is 0 Å². The number of hydrogen-bond donors (Lipinski definition) is 1. The van der Waals surface area contributed by atoms with Crippen LogP contribution in [0.5, 0.6) is 11.5 Å². The van der Waals surface area contributed by atoms with Gasteiger partial charge in [-0.25, -0.2) is 0 Å². The number of unbranched alkanes of at least 4 members (excludes halogenated alkanes) is 1. The molecule has 0 fully saturated rings. The lowest BCUT2D eigenvalue weighted by Gasteiger charge is -2.25. The minimum absolute atomic E-state index is 0.0316. The number of ether oxygens (including phenoxy) is 1. The number of benzene rings is 3. The molecule has 4 heteroatoms. The molecule has 1 aliphatic rings. The van der Waals surface area contributed by atoms with Crippen molar-refractivity contribution < 1.29 is 14.6 Å². The number of anilines is 1. The van der Waals surface area contributed by atoms with Crippen LogP contribution in [-0.2, 0) is 17.8 Å². The molecule has 144 valence electrons. The van der Waals surface area contributed by atoms with Gasteiger partial charge in [0.05, 0.1) is 18.8 Å². The highest BCUT2D eigenvalue weighted by atomic mass is 16.5. The molecule has 0 bridgehead atoms. The van der Waals surface area contributed by atoms with Gasteiger partial charge < -0.3 is 14.7 Å². The van der Waals surface area contributed by atoms with E-state index >= 15 is 0 Å². The first-order chi connectivity index (χ1) is 13.7. The molecule has 0 spiro atoms. The van der Waals surface area contributed by atoms with E-state index in [0.29, 0.717) is 25.3 Å². The lowest BCUT2D eigenvalue weighted by atomic mass is 10.1. The maximum absolute atomic E-state index is 13.0. The highest BCUT2D eigenvalue weighted by molar-refractivity contribution is 6.00. The zero-order valence-electron chi connectivity index (χ0n) is 16.1. The molecule has 3 aromatic carbocycles. The molecular weight excluding hydrogens is 350 g/mol. The number of carbonyl (C=O) groups is 1. The predicted octanol–water partition coefficient (Wildman–Crippen LogP) is 5.20. The fourth-order valence-corrected chi connectivity index (χ4v) is 3.75. The average molecular weight is 375 g/mol. The second-order valence-electron chi connectivity index (χ2n) is 7.28. The Kier molecular flexibility index (Phi) is 5.20. The van der Waals surface area contributed by atoms with Gasteiger partial charge in [0.2, 0.25) is 5.91 Å². The van der Waals surface area contributed by atoms with Crippen LogP contribution in [0.1, 0.15) is 37.3 Å². The SMILES string of the molecule is CCCCC(=O)N(Cc1ccc2c(c1)CCO2)c1ccc2ccccc2c1O. The summed E-state index contributed by atoms with van der Waals surface area (Å²) in [5.74, 6) is 1.12. The first kappa shape index (κ1) is 18.4. The maximum atomic E-state index is 13.0. The normalized spacial score (nSPS) is 12.6. The van der Waals surface area contributed by atoms with Gasteiger partial charge in [-0.2, -0.15) is 0 Å². The number of nitrogens with zero attached hydrogens (tertiary/aromatic N) is 1. The van der Waals surface area contributed by atoms with E-state index < -0.39 is 0 Å². The first-order valence-electron chi connectivity index (χ1n) is 9.93. The summed E-state index contributed by atoms with van der Waals surface area (Å²) in [5, 5.41) is 12.6. The second kappa shape index (κ2) is 7.93. The zero-order valence-corrected chi connectivity index (χ0v) is 16.1. The van der Waals surface area contributed by atoms with Crippen molar-refractivity contribution in [3.63, 3.8) is 0 Å². The monoisotopic (exact) mass is 375 g/mol. The van der Waals surface area contributed by atoms with Crippen molar-refractivity contribution in [3.05, 3.63) is 65.7 Å². The topological polar surface area (TPSA) is 49.8 Å². The standard InChI is InChI=1S/C24H25NO3/c1-2-3-8-23(26)25(16-17-9-12-22-19(15-17)13-14-28-22)21-11-10-18-6-4-5-7-20(18)24(21)27/h4-7,9-12,15,27H,2-3,8,13-14,16H2,1H3. The number of phenols is 1. The molecule has 1 N–H and O–H groups in total. The van der Waals surface area contributed by atoms with Crippen LogP contribution in [0.2, 0.25) is 0 Å². The van der Waals surface area contributed by atoms with E-state index in [9.17, 15) is 9.90 Å². The quantitative estimate of drug-likeness (QED) is 0.644. The third kappa shape index (κ3) is 3.55. The lowest BCUT2D eigenvalue weighted by Crippen LogP contribution is -2.30. The Morgan fingerprint density at radius 3 is 2.86 bits per heavy atom. The van der Waals surface area contributed by atoms with E-state index in [0.717, 1.165) is 41.3 Å². The van der Waals surface area contributed by atoms with Gasteiger partial charge in [0.1, 0.15) is 11.5 Å². The maximum Gasteiger partial charge on any atom is 0.227 e. The zero-order chi connectivity index (χ0) is 19.5. The summed E-state index contributed by atoms with van der Waals surface area (Å²) in [6, 6.07) is 17.6. The Labute approximate surface area is 165 Å². The molecule has 0 aromatic heterocycles. The third-order valence-corrected chi connectivity index (χ3v) is 5.31. The van der Waals surface area contributed by atoms with Gasteiger partial charge in [0, 0.05) is 18.2 Å². The van der Waals surface area contributed by atoms with Crippen LogP contribution in [0.25, 0.3) is 10.8 Å². The molecule has 0 aliphatic carbocycles. The van der Waals surface area contributed by atoms with Gasteiger partial charge in [-0.3, -0.25) is 4.79 Å². The molecule has 1 aliphatic heterocycles. The molecule has 28 heavy (non-hydrogen) atoms. The van der Waals surface area contributed by atoms with Crippen LogP contribution in [0.3, 0.4) is 0 Å². The lowest BCUT2D eigenvalue weighted by molar-refractivity contribution is -0.118. The number of fused-ring (bicyclic) bond motifs is 2. The van der Waals surface area contributed by atoms with E-state index in [2.05, 4.69) is 13.0 Å². The number of phenolic OH excluding ortho intramolecular Hbond substituents is 1. The van der Waals surface area contributed by atoms with E-state index in [-0.39, 0.29) is 11.7 Å². The number of amides is 1. The fraction of sp³-hybridized carbons (Fsp3) is 0.292. The minimum atomic E-state index is 0.0316. The predicted molar refractivity (Wildman–Crippen MR) is 112 cm³/mol. The van der Waals surface area contributed by atoms with E-state index in [1.165, 1.54) is 5.56 Å². The van der Waals surface area contributed by atoms with Crippen LogP contribution in [0, 0.1) is 0 Å². The largest absolute Gasteiger partial charge is 0.505 e. The van der Waals surface area contributed by atoms with Crippen molar-refractivity contribution >= 4 is 22.4 Å². The van der Waals surface area contributed by atoms with Gasteiger partial charge in [0.15, 0.2) is 0 Å². The Hall–Kier alpha value is -3.01. The Bertz CT molecular complexity index is 1010. The fourth-order valence-electron chi connectivity index (χ4n) is 3.75. The number of carbonyl (C=O) groups excluding carboxylic acids is 1. The van der Waals surface area contributed by atoms with Gasteiger partial charge >= 0.3 is 0 Å². The van der Waals surface area contributed by atoms with Crippen molar-refractivity contribution in [1.29, 1.82) is 0 Å². The Balaban J connectivity index is 1.71. The molecule has 0 unspecified atom stereocenters. The molecule has 4 rings (SSSR count). The molecule has 0 atom stereocenters. The van der Waals surface area contributed by atoms with Crippen molar-refractivity contribution in [2.45, 2.75) is 39.2 Å². The van der Waals surface area contributed by atoms with Crippen LogP contribution in [-0.4, -0.2) is 17.6 Å². The summed E-state index contributed by atoms with van der Waals surface area (Å²) >= 11 is 0. The summed E-state index contributed by atoms with van der Waals surface area (Å²) in [6.07, 6.45) is 3.16. The van der Waals surface area contributed by atoms with Crippen molar-refractivity contribution in [1.82, 2.24) is 0 Å². The highest BCUT2D eigenvalue weighted by Gasteiger charge is 2.21. The molecule has 0 radical (unpaired) electrons. The van der Waals surface area contributed by atoms with Crippen LogP contribution < -0.4 is 9.64 Å². The van der Waals surface area contributed by atoms with Crippen molar-refractivity contribution in [2.75, 3.05) is 11.5 Å². The average Bonchev–Trinajstić information content (AvgIpc) is 3.19. The highest BCUT2D eigenvalue weighted by Crippen LogP contribution is 2.36. The molecule has 0 saturated heterocycles. The first-order valence-corrected chi connectivity index (χ1v) is 9.93. The summed E-state index contributed by atoms with van der Waals surface area (Å²) in [5.41, 5.74) is 2.79. The van der Waals surface area contributed by atoms with Gasteiger partial charge in [-0.15, -0.1) is 0 Å². The van der Waals surface area contributed by atoms with Crippen LogP contribution >= 0.6 is 0 Å². The van der Waals surface area contributed by atoms with E-state index in [4.69, 9.17) is 4.74 Å². The van der Waals surface area contributed by atoms with Crippen molar-refractivity contribution in [3.8, 4) is 11.5 Å². The van der Waals surface area contributed by atoms with E-state index in [1.54, 1.807) is 4.90 Å². The smallest absolute Gasteiger partial charge is 0.227 e. The third-order valence-electron chi connectivity index (χ3n) is 5.31. The molecule has 0 saturated carbocycles. The second-order valence-corrected chi connectivity index (χ2v) is 7.28. The number of aromatic hydroxyl groups is 1. The summed E-state index contributed by atoms with van der Waals surface area (Å²) in [4.78, 5) is 14.7. The van der Waals surface area contributed by atoms with Gasteiger partial charge in [-0.1, -0.05) is 55.8 Å². The van der Waals surface area contributed by atoms with Gasteiger partial charge in [-0.05, 0) is 35.1 Å². The Morgan fingerprint density at radius 1 is 1.14 bits per heavy atom. The summed E-state index contributed by atoms with van der Waals surface area (Å²) < 4.78 is 5.59. The number of rotatable bonds is 6. The van der Waals surface area contributed by atoms with Crippen LogP contribution in [0.4, 0.5) is 5.69 Å². The minimum Gasteiger partial charge on any atom is -0.505 e. The number of hydrogen-bond acceptors (Lipinski definition) is 3. The molecule has 1 amide bonds. The van der Waals surface area contributed by atoms with E-state index in [1.807, 2.05) is 48.5 Å². The molecular formula is C24H25NO3. The molecule has 3 aromatic rings. The Morgan fingerprint density at radius 2 is 2.00 bits per heavy atom. The van der Waals surface area contributed by atoms with Crippen LogP contribution in [0.15, 0.2) is 54.6 Å². The molecule has 1 heterocycles. The van der Waals surface area contributed by atoms with Gasteiger partial charge in [0.25, 0.3) is 0 Å². The summed E-state index contributed by atoms with van der Waals surface area (Å²) in [7, 11) is 0. The molecule has 4 nitrogen and oxygen atoms in total. The summed E-state index contributed by atoms with van der Waals surface area (Å²) in [6.45, 7) is 3.22.